The van der Waals surface area contributed by atoms with Crippen LogP contribution in [0.2, 0.25) is 0 Å². The van der Waals surface area contributed by atoms with Crippen molar-refractivity contribution in [2.75, 3.05) is 5.32 Å². The Bertz CT molecular complexity index is 917. The number of nitrogens with zero attached hydrogens (tertiary/aromatic N) is 2. The van der Waals surface area contributed by atoms with Gasteiger partial charge in [0.1, 0.15) is 12.4 Å². The van der Waals surface area contributed by atoms with Gasteiger partial charge in [0.05, 0.1) is 11.0 Å². The highest BCUT2D eigenvalue weighted by molar-refractivity contribution is 5.93. The van der Waals surface area contributed by atoms with E-state index in [1.165, 1.54) is 5.56 Å². The van der Waals surface area contributed by atoms with Gasteiger partial charge in [0, 0.05) is 12.1 Å². The first kappa shape index (κ1) is 18.2. The highest BCUT2D eigenvalue weighted by Gasteiger charge is 2.14. The molecule has 0 aliphatic heterocycles. The molecular formula is C22H27N3O. The van der Waals surface area contributed by atoms with Crippen LogP contribution in [0, 0.1) is 20.8 Å². The second-order valence-corrected chi connectivity index (χ2v) is 7.03. The summed E-state index contributed by atoms with van der Waals surface area (Å²) in [5.41, 5.74) is 6.29. The van der Waals surface area contributed by atoms with Gasteiger partial charge in [0.25, 0.3) is 0 Å². The first-order valence-electron chi connectivity index (χ1n) is 9.31. The zero-order valence-electron chi connectivity index (χ0n) is 16.1. The minimum Gasteiger partial charge on any atom is -0.324 e. The minimum atomic E-state index is -0.0130. The first-order valence-corrected chi connectivity index (χ1v) is 9.31. The number of aryl methyl sites for hydroxylation is 4. The van der Waals surface area contributed by atoms with Gasteiger partial charge >= 0.3 is 0 Å². The van der Waals surface area contributed by atoms with Gasteiger partial charge < -0.3 is 9.88 Å². The van der Waals surface area contributed by atoms with Crippen molar-refractivity contribution in [1.82, 2.24) is 9.55 Å². The number of hydrogen-bond acceptors (Lipinski definition) is 2. The minimum absolute atomic E-state index is 0.0130. The number of aromatic nitrogens is 2. The molecular weight excluding hydrogens is 322 g/mol. The zero-order chi connectivity index (χ0) is 18.7. The molecule has 0 aliphatic rings. The lowest BCUT2D eigenvalue weighted by Crippen LogP contribution is -2.21. The van der Waals surface area contributed by atoms with Crippen molar-refractivity contribution in [3.63, 3.8) is 0 Å². The van der Waals surface area contributed by atoms with Crippen LogP contribution in [0.15, 0.2) is 36.4 Å². The number of para-hydroxylation sites is 2. The molecule has 1 N–H and O–H groups in total. The standard InChI is InChI=1S/C22H27N3O/c1-5-6-11-20-23-18-9-7-8-10-19(18)25(20)14-21(26)24-22-16(3)12-15(2)13-17(22)4/h7-10,12-13H,5-6,11,14H2,1-4H3,(H,24,26). The van der Waals surface area contributed by atoms with E-state index in [2.05, 4.69) is 35.9 Å². The molecule has 4 nitrogen and oxygen atoms in total. The topological polar surface area (TPSA) is 46.9 Å². The average molecular weight is 349 g/mol. The monoisotopic (exact) mass is 349 g/mol. The molecule has 0 atom stereocenters. The molecule has 3 rings (SSSR count). The Hall–Kier alpha value is -2.62. The van der Waals surface area contributed by atoms with Crippen molar-refractivity contribution in [3.05, 3.63) is 58.9 Å². The quantitative estimate of drug-likeness (QED) is 0.685. The van der Waals surface area contributed by atoms with E-state index in [4.69, 9.17) is 4.98 Å². The normalized spacial score (nSPS) is 11.1. The maximum Gasteiger partial charge on any atom is 0.244 e. The Morgan fingerprint density at radius 1 is 1.12 bits per heavy atom. The summed E-state index contributed by atoms with van der Waals surface area (Å²) in [4.78, 5) is 17.5. The first-order chi connectivity index (χ1) is 12.5. The lowest BCUT2D eigenvalue weighted by molar-refractivity contribution is -0.116. The Morgan fingerprint density at radius 3 is 2.50 bits per heavy atom. The molecule has 0 unspecified atom stereocenters. The van der Waals surface area contributed by atoms with Gasteiger partial charge in [-0.3, -0.25) is 4.79 Å². The third-order valence-electron chi connectivity index (χ3n) is 4.73. The third kappa shape index (κ3) is 3.79. The fourth-order valence-corrected chi connectivity index (χ4v) is 3.53. The number of anilines is 1. The summed E-state index contributed by atoms with van der Waals surface area (Å²) < 4.78 is 2.05. The van der Waals surface area contributed by atoms with Crippen LogP contribution in [0.5, 0.6) is 0 Å². The molecule has 1 aromatic heterocycles. The number of fused-ring (bicyclic) bond motifs is 1. The van der Waals surface area contributed by atoms with Crippen molar-refractivity contribution < 1.29 is 4.79 Å². The molecule has 0 bridgehead atoms. The van der Waals surface area contributed by atoms with Crippen LogP contribution in [0.4, 0.5) is 5.69 Å². The summed E-state index contributed by atoms with van der Waals surface area (Å²) in [6.07, 6.45) is 3.07. The van der Waals surface area contributed by atoms with E-state index in [1.807, 2.05) is 38.1 Å². The molecule has 0 aliphatic carbocycles. The molecule has 2 aromatic carbocycles. The zero-order valence-corrected chi connectivity index (χ0v) is 16.1. The SMILES string of the molecule is CCCCc1nc2ccccc2n1CC(=O)Nc1c(C)cc(C)cc1C. The van der Waals surface area contributed by atoms with Crippen molar-refractivity contribution in [1.29, 1.82) is 0 Å². The van der Waals surface area contributed by atoms with E-state index in [0.29, 0.717) is 0 Å². The molecule has 0 spiro atoms. The Morgan fingerprint density at radius 2 is 1.81 bits per heavy atom. The molecule has 1 heterocycles. The summed E-state index contributed by atoms with van der Waals surface area (Å²) in [6.45, 7) is 8.60. The van der Waals surface area contributed by atoms with Crippen LogP contribution < -0.4 is 5.32 Å². The molecule has 26 heavy (non-hydrogen) atoms. The molecule has 0 saturated heterocycles. The average Bonchev–Trinajstić information content (AvgIpc) is 2.94. The Kier molecular flexibility index (Phi) is 5.40. The van der Waals surface area contributed by atoms with E-state index in [-0.39, 0.29) is 12.5 Å². The summed E-state index contributed by atoms with van der Waals surface area (Å²) in [5, 5.41) is 3.10. The number of unbranched alkanes of at least 4 members (excludes halogenated alkanes) is 1. The molecule has 3 aromatic rings. The molecule has 0 saturated carbocycles. The highest BCUT2D eigenvalue weighted by Crippen LogP contribution is 2.23. The van der Waals surface area contributed by atoms with Crippen molar-refractivity contribution in [2.24, 2.45) is 0 Å². The lowest BCUT2D eigenvalue weighted by atomic mass is 10.1. The van der Waals surface area contributed by atoms with Gasteiger partial charge in [0.2, 0.25) is 5.91 Å². The van der Waals surface area contributed by atoms with Crippen LogP contribution in [-0.4, -0.2) is 15.5 Å². The smallest absolute Gasteiger partial charge is 0.244 e. The number of rotatable bonds is 6. The fourth-order valence-electron chi connectivity index (χ4n) is 3.53. The van der Waals surface area contributed by atoms with Gasteiger partial charge in [-0.05, 0) is 50.5 Å². The van der Waals surface area contributed by atoms with E-state index >= 15 is 0 Å². The number of nitrogens with one attached hydrogen (secondary N) is 1. The number of amides is 1. The molecule has 0 fully saturated rings. The number of hydrogen-bond donors (Lipinski definition) is 1. The second kappa shape index (κ2) is 7.73. The second-order valence-electron chi connectivity index (χ2n) is 7.03. The summed E-state index contributed by atoms with van der Waals surface area (Å²) in [6, 6.07) is 12.2. The van der Waals surface area contributed by atoms with Crippen LogP contribution in [0.25, 0.3) is 11.0 Å². The van der Waals surface area contributed by atoms with Crippen molar-refractivity contribution in [3.8, 4) is 0 Å². The predicted molar refractivity (Wildman–Crippen MR) is 108 cm³/mol. The van der Waals surface area contributed by atoms with Crippen LogP contribution >= 0.6 is 0 Å². The van der Waals surface area contributed by atoms with E-state index < -0.39 is 0 Å². The maximum absolute atomic E-state index is 12.8. The number of benzene rings is 2. The summed E-state index contributed by atoms with van der Waals surface area (Å²) in [7, 11) is 0. The van der Waals surface area contributed by atoms with Gasteiger partial charge in [-0.25, -0.2) is 4.98 Å². The van der Waals surface area contributed by atoms with Crippen LogP contribution in [0.1, 0.15) is 42.3 Å². The van der Waals surface area contributed by atoms with Gasteiger partial charge in [-0.1, -0.05) is 43.2 Å². The molecule has 4 heteroatoms. The number of imidazole rings is 1. The Balaban J connectivity index is 1.87. The van der Waals surface area contributed by atoms with Crippen LogP contribution in [0.3, 0.4) is 0 Å². The van der Waals surface area contributed by atoms with Gasteiger partial charge in [-0.2, -0.15) is 0 Å². The Labute approximate surface area is 155 Å². The van der Waals surface area contributed by atoms with Crippen LogP contribution in [-0.2, 0) is 17.8 Å². The fraction of sp³-hybridized carbons (Fsp3) is 0.364. The molecule has 136 valence electrons. The highest BCUT2D eigenvalue weighted by atomic mass is 16.1. The third-order valence-corrected chi connectivity index (χ3v) is 4.73. The van der Waals surface area contributed by atoms with E-state index in [1.54, 1.807) is 0 Å². The molecule has 0 radical (unpaired) electrons. The van der Waals surface area contributed by atoms with E-state index in [0.717, 1.165) is 52.9 Å². The lowest BCUT2D eigenvalue weighted by Gasteiger charge is -2.14. The van der Waals surface area contributed by atoms with Crippen molar-refractivity contribution >= 4 is 22.6 Å². The maximum atomic E-state index is 12.8. The van der Waals surface area contributed by atoms with Gasteiger partial charge in [0.15, 0.2) is 0 Å². The largest absolute Gasteiger partial charge is 0.324 e. The summed E-state index contributed by atoms with van der Waals surface area (Å²) >= 11 is 0. The predicted octanol–water partition coefficient (Wildman–Crippen LogP) is 4.94. The van der Waals surface area contributed by atoms with Gasteiger partial charge in [-0.15, -0.1) is 0 Å². The van der Waals surface area contributed by atoms with E-state index in [9.17, 15) is 4.79 Å². The molecule has 1 amide bonds. The number of carbonyl (C=O) groups excluding carboxylic acids is 1. The number of carbonyl (C=O) groups is 1. The van der Waals surface area contributed by atoms with Crippen molar-refractivity contribution in [2.45, 2.75) is 53.5 Å². The summed E-state index contributed by atoms with van der Waals surface area (Å²) in [5.74, 6) is 0.974.